The van der Waals surface area contributed by atoms with Gasteiger partial charge in [0.2, 0.25) is 0 Å². The molecule has 1 aromatic carbocycles. The van der Waals surface area contributed by atoms with Gasteiger partial charge < -0.3 is 10.1 Å². The Balaban J connectivity index is 2.38. The average molecular weight is 328 g/mol. The number of ketones is 1. The van der Waals surface area contributed by atoms with Crippen molar-refractivity contribution in [3.63, 3.8) is 0 Å². The monoisotopic (exact) mass is 328 g/mol. The largest absolute Gasteiger partial charge is 0.444 e. The lowest BCUT2D eigenvalue weighted by atomic mass is 9.67. The first kappa shape index (κ1) is 18.0. The van der Waals surface area contributed by atoms with Crippen molar-refractivity contribution in [3.8, 4) is 6.07 Å². The third kappa shape index (κ3) is 3.94. The number of nitrogens with one attached hydrogen (secondary N) is 1. The highest BCUT2D eigenvalue weighted by Gasteiger charge is 2.48. The maximum absolute atomic E-state index is 12.6. The van der Waals surface area contributed by atoms with Gasteiger partial charge in [0.1, 0.15) is 11.0 Å². The molecule has 1 saturated carbocycles. The van der Waals surface area contributed by atoms with Gasteiger partial charge in [0.15, 0.2) is 5.78 Å². The van der Waals surface area contributed by atoms with Crippen molar-refractivity contribution in [1.82, 2.24) is 5.32 Å². The standard InChI is InChI=1S/C19H24N2O3/c1-18(2,3)24-17(23)21-16(14-9-5-4-6-10-14)19(13-20)12-8-7-11-15(19)22/h4-6,9-10,16H,7-8,11-12H2,1-3H3,(H,21,23)/t16-,19+/m0/s1. The topological polar surface area (TPSA) is 79.2 Å². The molecule has 0 spiro atoms. The number of benzene rings is 1. The van der Waals surface area contributed by atoms with Crippen LogP contribution in [0.2, 0.25) is 0 Å². The van der Waals surface area contributed by atoms with Crippen molar-refractivity contribution < 1.29 is 14.3 Å². The molecule has 0 aliphatic heterocycles. The maximum Gasteiger partial charge on any atom is 0.408 e. The van der Waals surface area contributed by atoms with E-state index in [1.807, 2.05) is 30.3 Å². The summed E-state index contributed by atoms with van der Waals surface area (Å²) in [6.07, 6.45) is 1.77. The molecule has 5 heteroatoms. The molecule has 1 aliphatic carbocycles. The molecule has 0 aromatic heterocycles. The molecular formula is C19H24N2O3. The molecule has 128 valence electrons. The molecule has 0 bridgehead atoms. The Kier molecular flexibility index (Phi) is 5.28. The van der Waals surface area contributed by atoms with Gasteiger partial charge in [0.05, 0.1) is 12.1 Å². The third-order valence-corrected chi connectivity index (χ3v) is 4.21. The number of ether oxygens (including phenoxy) is 1. The minimum Gasteiger partial charge on any atom is -0.444 e. The highest BCUT2D eigenvalue weighted by Crippen LogP contribution is 2.43. The van der Waals surface area contributed by atoms with Gasteiger partial charge >= 0.3 is 6.09 Å². The number of carbonyl (C=O) groups is 2. The highest BCUT2D eigenvalue weighted by atomic mass is 16.6. The van der Waals surface area contributed by atoms with Crippen LogP contribution in [0, 0.1) is 16.7 Å². The first-order chi connectivity index (χ1) is 11.3. The highest BCUT2D eigenvalue weighted by molar-refractivity contribution is 5.90. The molecule has 24 heavy (non-hydrogen) atoms. The third-order valence-electron chi connectivity index (χ3n) is 4.21. The van der Waals surface area contributed by atoms with Crippen LogP contribution in [-0.2, 0) is 9.53 Å². The fourth-order valence-electron chi connectivity index (χ4n) is 3.10. The second-order valence-corrected chi connectivity index (χ2v) is 7.20. The Morgan fingerprint density at radius 1 is 1.29 bits per heavy atom. The Bertz CT molecular complexity index is 643. The lowest BCUT2D eigenvalue weighted by molar-refractivity contribution is -0.129. The van der Waals surface area contributed by atoms with Crippen LogP contribution in [0.3, 0.4) is 0 Å². The van der Waals surface area contributed by atoms with Crippen LogP contribution in [0.25, 0.3) is 0 Å². The van der Waals surface area contributed by atoms with E-state index < -0.39 is 23.2 Å². The summed E-state index contributed by atoms with van der Waals surface area (Å²) < 4.78 is 5.33. The van der Waals surface area contributed by atoms with Gasteiger partial charge in [-0.05, 0) is 39.2 Å². The number of alkyl carbamates (subject to hydrolysis) is 1. The van der Waals surface area contributed by atoms with Crippen molar-refractivity contribution in [2.45, 2.75) is 58.1 Å². The number of Topliss-reactive ketones (excluding diaryl/α,β-unsaturated/α-hetero) is 1. The zero-order valence-electron chi connectivity index (χ0n) is 14.5. The minimum absolute atomic E-state index is 0.110. The number of nitriles is 1. The van der Waals surface area contributed by atoms with Crippen molar-refractivity contribution in [1.29, 1.82) is 5.26 Å². The van der Waals surface area contributed by atoms with Crippen LogP contribution in [-0.4, -0.2) is 17.5 Å². The molecule has 2 rings (SSSR count). The van der Waals surface area contributed by atoms with Crippen LogP contribution >= 0.6 is 0 Å². The van der Waals surface area contributed by atoms with E-state index in [0.717, 1.165) is 18.4 Å². The summed E-state index contributed by atoms with van der Waals surface area (Å²) in [5.74, 6) is -0.110. The van der Waals surface area contributed by atoms with Gasteiger partial charge in [-0.2, -0.15) is 5.26 Å². The van der Waals surface area contributed by atoms with Crippen LogP contribution in [0.15, 0.2) is 30.3 Å². The normalized spacial score (nSPS) is 22.3. The molecule has 1 N–H and O–H groups in total. The summed E-state index contributed by atoms with van der Waals surface area (Å²) in [5.41, 5.74) is -1.15. The molecule has 1 aliphatic rings. The van der Waals surface area contributed by atoms with Crippen molar-refractivity contribution in [3.05, 3.63) is 35.9 Å². The zero-order valence-corrected chi connectivity index (χ0v) is 14.5. The van der Waals surface area contributed by atoms with Crippen molar-refractivity contribution in [2.24, 2.45) is 5.41 Å². The molecule has 0 saturated heterocycles. The van der Waals surface area contributed by atoms with Crippen LogP contribution < -0.4 is 5.32 Å². The number of hydrogen-bond acceptors (Lipinski definition) is 4. The van der Waals surface area contributed by atoms with E-state index in [1.54, 1.807) is 20.8 Å². The quantitative estimate of drug-likeness (QED) is 0.912. The summed E-state index contributed by atoms with van der Waals surface area (Å²) in [4.78, 5) is 24.9. The summed E-state index contributed by atoms with van der Waals surface area (Å²) in [7, 11) is 0. The van der Waals surface area contributed by atoms with E-state index in [9.17, 15) is 14.9 Å². The van der Waals surface area contributed by atoms with E-state index >= 15 is 0 Å². The fraction of sp³-hybridized carbons (Fsp3) is 0.526. The zero-order chi connectivity index (χ0) is 17.8. The van der Waals surface area contributed by atoms with Gasteiger partial charge in [-0.15, -0.1) is 0 Å². The van der Waals surface area contributed by atoms with Crippen molar-refractivity contribution >= 4 is 11.9 Å². The Morgan fingerprint density at radius 3 is 2.50 bits per heavy atom. The first-order valence-corrected chi connectivity index (χ1v) is 8.27. The van der Waals surface area contributed by atoms with Gasteiger partial charge in [0, 0.05) is 6.42 Å². The molecule has 0 heterocycles. The van der Waals surface area contributed by atoms with Crippen LogP contribution in [0.4, 0.5) is 4.79 Å². The summed E-state index contributed by atoms with van der Waals surface area (Å²) in [5, 5.41) is 12.6. The number of nitrogens with zero attached hydrogens (tertiary/aromatic N) is 1. The second kappa shape index (κ2) is 7.04. The van der Waals surface area contributed by atoms with Crippen LogP contribution in [0.5, 0.6) is 0 Å². The lowest BCUT2D eigenvalue weighted by Crippen LogP contribution is -2.47. The summed E-state index contributed by atoms with van der Waals surface area (Å²) >= 11 is 0. The van der Waals surface area contributed by atoms with E-state index in [-0.39, 0.29) is 5.78 Å². The number of carbonyl (C=O) groups excluding carboxylic acids is 2. The smallest absolute Gasteiger partial charge is 0.408 e. The van der Waals surface area contributed by atoms with Gasteiger partial charge in [0.25, 0.3) is 0 Å². The van der Waals surface area contributed by atoms with Gasteiger partial charge in [-0.1, -0.05) is 36.8 Å². The van der Waals surface area contributed by atoms with Crippen LogP contribution in [0.1, 0.15) is 58.1 Å². The van der Waals surface area contributed by atoms with E-state index in [1.165, 1.54) is 0 Å². The van der Waals surface area contributed by atoms with Crippen molar-refractivity contribution in [2.75, 3.05) is 0 Å². The molecule has 1 fully saturated rings. The van der Waals surface area contributed by atoms with E-state index in [2.05, 4.69) is 11.4 Å². The molecule has 2 atom stereocenters. The second-order valence-electron chi connectivity index (χ2n) is 7.20. The molecular weight excluding hydrogens is 304 g/mol. The summed E-state index contributed by atoms with van der Waals surface area (Å²) in [6.45, 7) is 5.32. The predicted octanol–water partition coefficient (Wildman–Crippen LogP) is 3.91. The minimum atomic E-state index is -1.24. The summed E-state index contributed by atoms with van der Waals surface area (Å²) in [6, 6.07) is 10.7. The number of hydrogen-bond donors (Lipinski definition) is 1. The number of rotatable bonds is 3. The average Bonchev–Trinajstić information content (AvgIpc) is 2.53. The number of amides is 1. The lowest BCUT2D eigenvalue weighted by Gasteiger charge is -2.37. The Labute approximate surface area is 143 Å². The van der Waals surface area contributed by atoms with E-state index in [4.69, 9.17) is 4.74 Å². The van der Waals surface area contributed by atoms with Gasteiger partial charge in [-0.25, -0.2) is 4.79 Å². The molecule has 5 nitrogen and oxygen atoms in total. The Hall–Kier alpha value is -2.35. The molecule has 0 radical (unpaired) electrons. The molecule has 1 amide bonds. The SMILES string of the molecule is CC(C)(C)OC(=O)N[C@@H](c1ccccc1)[C@@]1(C#N)CCCCC1=O. The van der Waals surface area contributed by atoms with Gasteiger partial charge in [-0.3, -0.25) is 4.79 Å². The maximum atomic E-state index is 12.6. The molecule has 0 unspecified atom stereocenters. The van der Waals surface area contributed by atoms with E-state index in [0.29, 0.717) is 12.8 Å². The predicted molar refractivity (Wildman–Crippen MR) is 90.1 cm³/mol. The Morgan fingerprint density at radius 2 is 1.96 bits per heavy atom. The first-order valence-electron chi connectivity index (χ1n) is 8.27. The molecule has 1 aromatic rings. The fourth-order valence-corrected chi connectivity index (χ4v) is 3.10.